The van der Waals surface area contributed by atoms with Crippen LogP contribution in [0.2, 0.25) is 0 Å². The number of benzene rings is 1. The quantitative estimate of drug-likeness (QED) is 0.727. The molecule has 0 aliphatic carbocycles. The Morgan fingerprint density at radius 2 is 1.90 bits per heavy atom. The molecule has 0 spiro atoms. The number of rotatable bonds is 6. The van der Waals surface area contributed by atoms with Gasteiger partial charge in [-0.1, -0.05) is 18.2 Å². The van der Waals surface area contributed by atoms with Crippen molar-refractivity contribution in [1.29, 1.82) is 0 Å². The van der Waals surface area contributed by atoms with E-state index in [9.17, 15) is 17.6 Å². The third kappa shape index (κ3) is 5.26. The number of thiophene rings is 1. The Bertz CT molecular complexity index is 956. The van der Waals surface area contributed by atoms with Gasteiger partial charge in [-0.15, -0.1) is 11.3 Å². The SMILES string of the molecule is O=C(CN1CCN([C@H]2CCS(=O)(=O)C2)CC1)N[C@H](c1ccc(F)cc1)c1cccs1. The Labute approximate surface area is 180 Å². The van der Waals surface area contributed by atoms with Crippen molar-refractivity contribution in [2.45, 2.75) is 18.5 Å². The molecule has 2 saturated heterocycles. The largest absolute Gasteiger partial charge is 0.343 e. The molecule has 2 aromatic rings. The topological polar surface area (TPSA) is 69.7 Å². The lowest BCUT2D eigenvalue weighted by atomic mass is 10.1. The number of hydrogen-bond donors (Lipinski definition) is 1. The number of sulfone groups is 1. The summed E-state index contributed by atoms with van der Waals surface area (Å²) in [4.78, 5) is 18.1. The Balaban J connectivity index is 1.33. The summed E-state index contributed by atoms with van der Waals surface area (Å²) in [5.74, 6) is 0.166. The predicted octanol–water partition coefficient (Wildman–Crippen LogP) is 1.90. The molecule has 2 fully saturated rings. The number of hydrogen-bond acceptors (Lipinski definition) is 6. The van der Waals surface area contributed by atoms with E-state index in [0.29, 0.717) is 13.0 Å². The van der Waals surface area contributed by atoms with E-state index in [1.165, 1.54) is 12.1 Å². The average molecular weight is 452 g/mol. The summed E-state index contributed by atoms with van der Waals surface area (Å²) in [6.07, 6.45) is 0.711. The number of nitrogens with zero attached hydrogens (tertiary/aromatic N) is 2. The van der Waals surface area contributed by atoms with Gasteiger partial charge in [0.2, 0.25) is 5.91 Å². The highest BCUT2D eigenvalue weighted by Crippen LogP contribution is 2.26. The van der Waals surface area contributed by atoms with Gasteiger partial charge in [0.05, 0.1) is 24.1 Å². The fourth-order valence-corrected chi connectivity index (χ4v) is 6.75. The summed E-state index contributed by atoms with van der Waals surface area (Å²) < 4.78 is 36.8. The maximum absolute atomic E-state index is 13.3. The third-order valence-electron chi connectivity index (χ3n) is 5.84. The first-order valence-corrected chi connectivity index (χ1v) is 12.8. The van der Waals surface area contributed by atoms with Crippen LogP contribution in [0.1, 0.15) is 22.9 Å². The lowest BCUT2D eigenvalue weighted by Gasteiger charge is -2.37. The monoisotopic (exact) mass is 451 g/mol. The molecule has 0 saturated carbocycles. The molecule has 162 valence electrons. The van der Waals surface area contributed by atoms with Crippen molar-refractivity contribution in [2.75, 3.05) is 44.2 Å². The molecule has 6 nitrogen and oxygen atoms in total. The number of halogens is 1. The number of piperazine rings is 1. The zero-order valence-corrected chi connectivity index (χ0v) is 18.3. The summed E-state index contributed by atoms with van der Waals surface area (Å²) in [6, 6.07) is 9.94. The molecule has 4 rings (SSSR count). The van der Waals surface area contributed by atoms with Gasteiger partial charge in [-0.25, -0.2) is 12.8 Å². The molecule has 3 heterocycles. The lowest BCUT2D eigenvalue weighted by molar-refractivity contribution is -0.123. The van der Waals surface area contributed by atoms with Crippen molar-refractivity contribution < 1.29 is 17.6 Å². The van der Waals surface area contributed by atoms with Gasteiger partial charge >= 0.3 is 0 Å². The highest BCUT2D eigenvalue weighted by Gasteiger charge is 2.34. The van der Waals surface area contributed by atoms with Gasteiger partial charge in [0.25, 0.3) is 0 Å². The summed E-state index contributed by atoms with van der Waals surface area (Å²) in [5, 5.41) is 5.05. The molecule has 0 unspecified atom stereocenters. The van der Waals surface area contributed by atoms with E-state index in [4.69, 9.17) is 0 Å². The Kier molecular flexibility index (Phi) is 6.52. The van der Waals surface area contributed by atoms with Gasteiger partial charge < -0.3 is 5.32 Å². The number of amides is 1. The zero-order valence-electron chi connectivity index (χ0n) is 16.7. The van der Waals surface area contributed by atoms with E-state index in [-0.39, 0.29) is 35.3 Å². The fourth-order valence-electron chi connectivity index (χ4n) is 4.19. The number of carbonyl (C=O) groups is 1. The highest BCUT2D eigenvalue weighted by atomic mass is 32.2. The molecule has 1 aromatic heterocycles. The molecular weight excluding hydrogens is 425 g/mol. The van der Waals surface area contributed by atoms with Gasteiger partial charge in [0.1, 0.15) is 5.82 Å². The van der Waals surface area contributed by atoms with Crippen LogP contribution >= 0.6 is 11.3 Å². The van der Waals surface area contributed by atoms with Crippen molar-refractivity contribution >= 4 is 27.1 Å². The van der Waals surface area contributed by atoms with Crippen LogP contribution in [-0.2, 0) is 14.6 Å². The van der Waals surface area contributed by atoms with Crippen molar-refractivity contribution in [2.24, 2.45) is 0 Å². The average Bonchev–Trinajstić information content (AvgIpc) is 3.37. The Morgan fingerprint density at radius 1 is 1.17 bits per heavy atom. The molecule has 0 bridgehead atoms. The smallest absolute Gasteiger partial charge is 0.234 e. The lowest BCUT2D eigenvalue weighted by Crippen LogP contribution is -2.52. The standard InChI is InChI=1S/C21H26FN3O3S2/c22-17-5-3-16(4-6-17)21(19-2-1-12-29-19)23-20(26)14-24-8-10-25(11-9-24)18-7-13-30(27,28)15-18/h1-6,12,18,21H,7-11,13-15H2,(H,23,26)/t18-,21+/m0/s1. The maximum Gasteiger partial charge on any atom is 0.234 e. The van der Waals surface area contributed by atoms with Crippen LogP contribution in [0.15, 0.2) is 41.8 Å². The van der Waals surface area contributed by atoms with E-state index >= 15 is 0 Å². The molecule has 30 heavy (non-hydrogen) atoms. The minimum atomic E-state index is -2.88. The minimum Gasteiger partial charge on any atom is -0.343 e. The minimum absolute atomic E-state index is 0.0744. The van der Waals surface area contributed by atoms with Gasteiger partial charge in [-0.05, 0) is 35.6 Å². The summed E-state index contributed by atoms with van der Waals surface area (Å²) in [7, 11) is -2.88. The normalized spacial score (nSPS) is 23.3. The first kappa shape index (κ1) is 21.4. The molecular formula is C21H26FN3O3S2. The second-order valence-electron chi connectivity index (χ2n) is 7.94. The van der Waals surface area contributed by atoms with Gasteiger partial charge in [0.15, 0.2) is 9.84 Å². The van der Waals surface area contributed by atoms with Crippen molar-refractivity contribution in [1.82, 2.24) is 15.1 Å². The van der Waals surface area contributed by atoms with E-state index in [1.807, 2.05) is 17.5 Å². The molecule has 2 aliphatic heterocycles. The molecule has 2 atom stereocenters. The molecule has 1 aromatic carbocycles. The number of nitrogens with one attached hydrogen (secondary N) is 1. The third-order valence-corrected chi connectivity index (χ3v) is 8.52. The predicted molar refractivity (Wildman–Crippen MR) is 116 cm³/mol. The fraction of sp³-hybridized carbons (Fsp3) is 0.476. The first-order valence-electron chi connectivity index (χ1n) is 10.1. The Morgan fingerprint density at radius 3 is 2.50 bits per heavy atom. The molecule has 1 N–H and O–H groups in total. The van der Waals surface area contributed by atoms with Crippen LogP contribution in [0.4, 0.5) is 4.39 Å². The zero-order chi connectivity index (χ0) is 21.1. The van der Waals surface area contributed by atoms with E-state index in [2.05, 4.69) is 15.1 Å². The van der Waals surface area contributed by atoms with E-state index < -0.39 is 9.84 Å². The molecule has 2 aliphatic rings. The van der Waals surface area contributed by atoms with Crippen LogP contribution in [0.5, 0.6) is 0 Å². The van der Waals surface area contributed by atoms with E-state index in [0.717, 1.165) is 36.6 Å². The molecule has 9 heteroatoms. The number of carbonyl (C=O) groups excluding carboxylic acids is 1. The van der Waals surface area contributed by atoms with Crippen LogP contribution in [0.25, 0.3) is 0 Å². The van der Waals surface area contributed by atoms with Crippen LogP contribution in [0.3, 0.4) is 0 Å². The Hall–Kier alpha value is -1.81. The highest BCUT2D eigenvalue weighted by molar-refractivity contribution is 7.91. The summed E-state index contributed by atoms with van der Waals surface area (Å²) in [5.41, 5.74) is 0.847. The molecule has 1 amide bonds. The summed E-state index contributed by atoms with van der Waals surface area (Å²) in [6.45, 7) is 3.33. The van der Waals surface area contributed by atoms with Crippen molar-refractivity contribution in [3.8, 4) is 0 Å². The van der Waals surface area contributed by atoms with Gasteiger partial charge in [-0.3, -0.25) is 14.6 Å². The molecule has 0 radical (unpaired) electrons. The van der Waals surface area contributed by atoms with Crippen molar-refractivity contribution in [3.63, 3.8) is 0 Å². The van der Waals surface area contributed by atoms with Crippen LogP contribution in [0, 0.1) is 5.82 Å². The maximum atomic E-state index is 13.3. The van der Waals surface area contributed by atoms with Gasteiger partial charge in [-0.2, -0.15) is 0 Å². The first-order chi connectivity index (χ1) is 14.4. The van der Waals surface area contributed by atoms with Crippen molar-refractivity contribution in [3.05, 3.63) is 58.0 Å². The second kappa shape index (κ2) is 9.13. The van der Waals surface area contributed by atoms with Crippen LogP contribution < -0.4 is 5.32 Å². The van der Waals surface area contributed by atoms with E-state index in [1.54, 1.807) is 23.5 Å². The van der Waals surface area contributed by atoms with Crippen LogP contribution in [-0.4, -0.2) is 74.4 Å². The second-order valence-corrected chi connectivity index (χ2v) is 11.1. The van der Waals surface area contributed by atoms with Gasteiger partial charge in [0, 0.05) is 37.1 Å². The summed E-state index contributed by atoms with van der Waals surface area (Å²) >= 11 is 1.55.